The number of rotatable bonds is 1. The van der Waals surface area contributed by atoms with Gasteiger partial charge in [-0.3, -0.25) is 9.59 Å². The molecule has 0 unspecified atom stereocenters. The van der Waals surface area contributed by atoms with Crippen LogP contribution >= 0.6 is 11.3 Å². The summed E-state index contributed by atoms with van der Waals surface area (Å²) in [6.45, 7) is 0. The second-order valence-corrected chi connectivity index (χ2v) is 10.0. The van der Waals surface area contributed by atoms with Crippen molar-refractivity contribution in [2.45, 2.75) is 31.1 Å². The maximum absolute atomic E-state index is 13.9. The normalized spacial score (nSPS) is 27.0. The number of hydrogen-bond acceptors (Lipinski definition) is 4. The van der Waals surface area contributed by atoms with Gasteiger partial charge in [-0.2, -0.15) is 5.26 Å². The number of aryl methyl sites for hydroxylation is 1. The molecule has 1 fully saturated rings. The van der Waals surface area contributed by atoms with Crippen molar-refractivity contribution in [1.29, 1.82) is 5.26 Å². The molecule has 2 amide bonds. The smallest absolute Gasteiger partial charge is 0.239 e. The summed E-state index contributed by atoms with van der Waals surface area (Å²) in [5.41, 5.74) is 6.27. The van der Waals surface area contributed by atoms with Crippen molar-refractivity contribution in [1.82, 2.24) is 0 Å². The number of benzene rings is 2. The van der Waals surface area contributed by atoms with Gasteiger partial charge in [0.1, 0.15) is 11.1 Å². The zero-order valence-electron chi connectivity index (χ0n) is 16.7. The third kappa shape index (κ3) is 1.99. The van der Waals surface area contributed by atoms with Crippen LogP contribution in [0.5, 0.6) is 0 Å². The number of nitriles is 1. The van der Waals surface area contributed by atoms with E-state index < -0.39 is 11.8 Å². The first kappa shape index (κ1) is 17.5. The highest BCUT2D eigenvalue weighted by atomic mass is 32.1. The van der Waals surface area contributed by atoms with Crippen LogP contribution in [0, 0.1) is 23.2 Å². The molecule has 0 N–H and O–H groups in total. The highest BCUT2D eigenvalue weighted by molar-refractivity contribution is 7.17. The maximum atomic E-state index is 13.9. The van der Waals surface area contributed by atoms with E-state index in [1.54, 1.807) is 0 Å². The molecule has 8 rings (SSSR count). The highest BCUT2D eigenvalue weighted by Gasteiger charge is 2.62. The van der Waals surface area contributed by atoms with Crippen molar-refractivity contribution in [2.75, 3.05) is 4.90 Å². The molecule has 1 aliphatic heterocycles. The first-order valence-electron chi connectivity index (χ1n) is 10.8. The standard InChI is InChI=1S/C26H18N2O2S/c27-12-18-13-10-5-11-19(13)31-26(18)28-24(29)22-20-14-6-1-2-7-15(14)21(23(22)25(28)30)17-9-4-3-8-16(17)20/h1-4,6-9,20-23H,5,10-11H2/t20?,21?,22-,23-/m0/s1. The highest BCUT2D eigenvalue weighted by Crippen LogP contribution is 2.61. The fourth-order valence-electron chi connectivity index (χ4n) is 6.54. The monoisotopic (exact) mass is 422 g/mol. The predicted molar refractivity (Wildman–Crippen MR) is 117 cm³/mol. The Morgan fingerprint density at radius 2 is 1.35 bits per heavy atom. The molecule has 4 aliphatic carbocycles. The molecule has 2 bridgehead atoms. The lowest BCUT2D eigenvalue weighted by molar-refractivity contribution is -0.122. The zero-order chi connectivity index (χ0) is 20.9. The number of imide groups is 1. The Morgan fingerprint density at radius 1 is 0.839 bits per heavy atom. The quantitative estimate of drug-likeness (QED) is 0.542. The van der Waals surface area contributed by atoms with Crippen molar-refractivity contribution in [3.8, 4) is 6.07 Å². The minimum absolute atomic E-state index is 0.110. The number of nitrogens with zero attached hydrogens (tertiary/aromatic N) is 2. The first-order chi connectivity index (χ1) is 15.2. The summed E-state index contributed by atoms with van der Waals surface area (Å²) in [7, 11) is 0. The molecule has 150 valence electrons. The number of thiophene rings is 1. The van der Waals surface area contributed by atoms with Gasteiger partial charge in [0.25, 0.3) is 0 Å². The SMILES string of the molecule is N#Cc1c(N2C(=O)[C@H]3C4c5ccccc5C(c5ccccc54)[C@@H]3C2=O)sc2c1CCC2. The molecule has 1 saturated heterocycles. The molecule has 1 aromatic heterocycles. The van der Waals surface area contributed by atoms with E-state index in [2.05, 4.69) is 30.3 Å². The molecule has 0 radical (unpaired) electrons. The maximum Gasteiger partial charge on any atom is 0.239 e. The third-order valence-electron chi connectivity index (χ3n) is 7.67. The average molecular weight is 423 g/mol. The van der Waals surface area contributed by atoms with Crippen molar-refractivity contribution in [2.24, 2.45) is 11.8 Å². The van der Waals surface area contributed by atoms with E-state index >= 15 is 0 Å². The molecule has 2 aromatic carbocycles. The van der Waals surface area contributed by atoms with Crippen molar-refractivity contribution in [3.05, 3.63) is 86.8 Å². The molecular formula is C26H18N2O2S. The summed E-state index contributed by atoms with van der Waals surface area (Å²) in [5.74, 6) is -1.28. The summed E-state index contributed by atoms with van der Waals surface area (Å²) in [6, 6.07) is 18.8. The first-order valence-corrected chi connectivity index (χ1v) is 11.6. The largest absolute Gasteiger partial charge is 0.274 e. The summed E-state index contributed by atoms with van der Waals surface area (Å²) in [4.78, 5) is 30.3. The van der Waals surface area contributed by atoms with Crippen molar-refractivity contribution in [3.63, 3.8) is 0 Å². The van der Waals surface area contributed by atoms with Crippen molar-refractivity contribution < 1.29 is 9.59 Å². The number of carbonyl (C=O) groups excluding carboxylic acids is 2. The topological polar surface area (TPSA) is 61.2 Å². The molecular weight excluding hydrogens is 404 g/mol. The Labute approximate surface area is 183 Å². The third-order valence-corrected chi connectivity index (χ3v) is 8.94. The van der Waals surface area contributed by atoms with Gasteiger partial charge in [0.15, 0.2) is 0 Å². The van der Waals surface area contributed by atoms with E-state index in [9.17, 15) is 14.9 Å². The summed E-state index contributed by atoms with van der Waals surface area (Å²) >= 11 is 1.48. The number of hydrogen-bond donors (Lipinski definition) is 0. The van der Waals surface area contributed by atoms with Gasteiger partial charge >= 0.3 is 0 Å². The van der Waals surface area contributed by atoms with Gasteiger partial charge in [0.05, 0.1) is 17.4 Å². The van der Waals surface area contributed by atoms with E-state index in [-0.39, 0.29) is 23.7 Å². The zero-order valence-corrected chi connectivity index (χ0v) is 17.5. The van der Waals surface area contributed by atoms with E-state index in [0.29, 0.717) is 10.6 Å². The van der Waals surface area contributed by atoms with Gasteiger partial charge in [0, 0.05) is 16.7 Å². The fraction of sp³-hybridized carbons (Fsp3) is 0.269. The van der Waals surface area contributed by atoms with Gasteiger partial charge in [-0.05, 0) is 47.1 Å². The molecule has 4 nitrogen and oxygen atoms in total. The van der Waals surface area contributed by atoms with Gasteiger partial charge in [-0.15, -0.1) is 11.3 Å². The van der Waals surface area contributed by atoms with Crippen molar-refractivity contribution >= 4 is 28.2 Å². The van der Waals surface area contributed by atoms with E-state index in [0.717, 1.165) is 29.7 Å². The Hall–Kier alpha value is -3.23. The lowest BCUT2D eigenvalue weighted by Crippen LogP contribution is -2.41. The Morgan fingerprint density at radius 3 is 1.84 bits per heavy atom. The number of anilines is 1. The van der Waals surface area contributed by atoms with Crippen LogP contribution in [0.25, 0.3) is 0 Å². The minimum atomic E-state index is -0.397. The molecule has 2 atom stereocenters. The average Bonchev–Trinajstić information content (AvgIpc) is 3.46. The van der Waals surface area contributed by atoms with Crippen LogP contribution in [0.1, 0.15) is 56.5 Å². The molecule has 2 heterocycles. The van der Waals surface area contributed by atoms with Gasteiger partial charge in [0.2, 0.25) is 11.8 Å². The number of carbonyl (C=O) groups is 2. The van der Waals surface area contributed by atoms with Crippen LogP contribution in [0.3, 0.4) is 0 Å². The Balaban J connectivity index is 1.44. The van der Waals surface area contributed by atoms with Gasteiger partial charge < -0.3 is 0 Å². The molecule has 0 spiro atoms. The van der Waals surface area contributed by atoms with E-state index in [1.165, 1.54) is 38.5 Å². The van der Waals surface area contributed by atoms with E-state index in [4.69, 9.17) is 0 Å². The van der Waals surface area contributed by atoms with Crippen LogP contribution in [0.4, 0.5) is 5.00 Å². The molecule has 3 aromatic rings. The van der Waals surface area contributed by atoms with Crippen LogP contribution in [-0.4, -0.2) is 11.8 Å². The second-order valence-electron chi connectivity index (χ2n) is 8.93. The Bertz CT molecular complexity index is 1250. The van der Waals surface area contributed by atoms with Crippen LogP contribution in [0.2, 0.25) is 0 Å². The molecule has 5 aliphatic rings. The van der Waals surface area contributed by atoms with Gasteiger partial charge in [-0.1, -0.05) is 48.5 Å². The minimum Gasteiger partial charge on any atom is -0.274 e. The van der Waals surface area contributed by atoms with E-state index in [1.807, 2.05) is 24.3 Å². The summed E-state index contributed by atoms with van der Waals surface area (Å²) in [6.07, 6.45) is 2.83. The van der Waals surface area contributed by atoms with Gasteiger partial charge in [-0.25, -0.2) is 4.90 Å². The second kappa shape index (κ2) is 5.93. The number of fused-ring (bicyclic) bond motifs is 1. The van der Waals surface area contributed by atoms with Crippen LogP contribution in [0.15, 0.2) is 48.5 Å². The summed E-state index contributed by atoms with van der Waals surface area (Å²) in [5, 5.41) is 10.4. The Kier molecular flexibility index (Phi) is 3.34. The predicted octanol–water partition coefficient (Wildman–Crippen LogP) is 4.51. The summed E-state index contributed by atoms with van der Waals surface area (Å²) < 4.78 is 0. The molecule has 0 saturated carbocycles. The van der Waals surface area contributed by atoms with Crippen LogP contribution in [-0.2, 0) is 22.4 Å². The van der Waals surface area contributed by atoms with Crippen LogP contribution < -0.4 is 4.90 Å². The molecule has 31 heavy (non-hydrogen) atoms. The molecule has 5 heteroatoms. The number of amides is 2. The fourth-order valence-corrected chi connectivity index (χ4v) is 7.89. The lowest BCUT2D eigenvalue weighted by Gasteiger charge is -2.45. The lowest BCUT2D eigenvalue weighted by atomic mass is 9.55.